The molecule has 1 fully saturated rings. The highest BCUT2D eigenvalue weighted by atomic mass is 19.1. The van der Waals surface area contributed by atoms with Crippen molar-refractivity contribution in [3.8, 4) is 22.6 Å². The van der Waals surface area contributed by atoms with Crippen LogP contribution in [0.5, 0.6) is 0 Å². The van der Waals surface area contributed by atoms with Crippen molar-refractivity contribution in [3.05, 3.63) is 78.9 Å². The molecule has 1 aromatic carbocycles. The van der Waals surface area contributed by atoms with Gasteiger partial charge in [0, 0.05) is 54.1 Å². The van der Waals surface area contributed by atoms with Crippen LogP contribution in [-0.4, -0.2) is 47.5 Å². The number of hydrogen-bond donors (Lipinski definition) is 3. The molecule has 10 heteroatoms. The molecule has 3 N–H and O–H groups in total. The fourth-order valence-electron chi connectivity index (χ4n) is 5.01. The Labute approximate surface area is 218 Å². The van der Waals surface area contributed by atoms with E-state index in [9.17, 15) is 9.18 Å². The van der Waals surface area contributed by atoms with Gasteiger partial charge >= 0.3 is 0 Å². The molecule has 1 amide bonds. The third kappa shape index (κ3) is 4.97. The van der Waals surface area contributed by atoms with Gasteiger partial charge < -0.3 is 20.2 Å². The van der Waals surface area contributed by atoms with E-state index in [1.54, 1.807) is 23.3 Å². The monoisotopic (exact) mass is 510 g/mol. The van der Waals surface area contributed by atoms with Gasteiger partial charge in [0.25, 0.3) is 5.91 Å². The maximum atomic E-state index is 14.0. The SMILES string of the molecule is Cn1cnc(C(=O)NC2CCCC(Nc3cc(-c4ccccc4)nc(-c4c[nH]c5ncc(F)cc45)n3)C2)c1. The zero-order valence-electron chi connectivity index (χ0n) is 20.9. The lowest BCUT2D eigenvalue weighted by Gasteiger charge is -2.30. The zero-order chi connectivity index (χ0) is 26.1. The third-order valence-corrected chi connectivity index (χ3v) is 6.83. The number of anilines is 1. The van der Waals surface area contributed by atoms with Gasteiger partial charge in [-0.25, -0.2) is 24.3 Å². The first-order valence-electron chi connectivity index (χ1n) is 12.6. The van der Waals surface area contributed by atoms with Crippen LogP contribution in [0, 0.1) is 5.82 Å². The molecule has 6 rings (SSSR count). The number of aromatic amines is 1. The average molecular weight is 511 g/mol. The normalized spacial score (nSPS) is 17.4. The van der Waals surface area contributed by atoms with Crippen molar-refractivity contribution in [2.45, 2.75) is 37.8 Å². The first-order valence-corrected chi connectivity index (χ1v) is 12.6. The number of imidazole rings is 1. The Morgan fingerprint density at radius 2 is 1.95 bits per heavy atom. The van der Waals surface area contributed by atoms with E-state index >= 15 is 0 Å². The summed E-state index contributed by atoms with van der Waals surface area (Å²) in [5.74, 6) is 0.571. The number of pyridine rings is 1. The highest BCUT2D eigenvalue weighted by Crippen LogP contribution is 2.30. The molecule has 0 bridgehead atoms. The maximum absolute atomic E-state index is 14.0. The maximum Gasteiger partial charge on any atom is 0.271 e. The van der Waals surface area contributed by atoms with E-state index in [4.69, 9.17) is 9.97 Å². The predicted molar refractivity (Wildman–Crippen MR) is 143 cm³/mol. The summed E-state index contributed by atoms with van der Waals surface area (Å²) in [5.41, 5.74) is 3.38. The minimum Gasteiger partial charge on any atom is -0.367 e. The number of rotatable bonds is 6. The van der Waals surface area contributed by atoms with Crippen LogP contribution in [0.1, 0.15) is 36.2 Å². The number of aromatic nitrogens is 6. The Morgan fingerprint density at radius 3 is 2.76 bits per heavy atom. The lowest BCUT2D eigenvalue weighted by molar-refractivity contribution is 0.0921. The van der Waals surface area contributed by atoms with Crippen LogP contribution >= 0.6 is 0 Å². The smallest absolute Gasteiger partial charge is 0.271 e. The largest absolute Gasteiger partial charge is 0.367 e. The van der Waals surface area contributed by atoms with Gasteiger partial charge in [0.1, 0.15) is 23.0 Å². The van der Waals surface area contributed by atoms with E-state index in [2.05, 4.69) is 25.6 Å². The van der Waals surface area contributed by atoms with Crippen molar-refractivity contribution in [1.82, 2.24) is 34.8 Å². The average Bonchev–Trinajstić information content (AvgIpc) is 3.55. The minimum atomic E-state index is -0.420. The van der Waals surface area contributed by atoms with Crippen molar-refractivity contribution in [1.29, 1.82) is 0 Å². The number of carbonyl (C=O) groups excluding carboxylic acids is 1. The molecule has 192 valence electrons. The van der Waals surface area contributed by atoms with Crippen LogP contribution in [0.15, 0.2) is 67.4 Å². The van der Waals surface area contributed by atoms with Crippen LogP contribution in [0.4, 0.5) is 10.2 Å². The van der Waals surface area contributed by atoms with Gasteiger partial charge in [0.15, 0.2) is 5.82 Å². The van der Waals surface area contributed by atoms with Crippen molar-refractivity contribution in [3.63, 3.8) is 0 Å². The fourth-order valence-corrected chi connectivity index (χ4v) is 5.01. The second kappa shape index (κ2) is 10.0. The highest BCUT2D eigenvalue weighted by Gasteiger charge is 2.25. The number of hydrogen-bond acceptors (Lipinski definition) is 6. The van der Waals surface area contributed by atoms with E-state index in [0.29, 0.717) is 33.9 Å². The molecule has 0 saturated heterocycles. The summed E-state index contributed by atoms with van der Waals surface area (Å²) in [4.78, 5) is 33.7. The Kier molecular flexibility index (Phi) is 6.28. The molecule has 1 aliphatic rings. The first kappa shape index (κ1) is 23.8. The van der Waals surface area contributed by atoms with Gasteiger partial charge in [-0.1, -0.05) is 30.3 Å². The minimum absolute atomic E-state index is 0.0355. The van der Waals surface area contributed by atoms with E-state index in [1.807, 2.05) is 43.4 Å². The summed E-state index contributed by atoms with van der Waals surface area (Å²) in [6.45, 7) is 0. The predicted octanol–water partition coefficient (Wildman–Crippen LogP) is 4.71. The number of nitrogens with zero attached hydrogens (tertiary/aromatic N) is 5. The van der Waals surface area contributed by atoms with Gasteiger partial charge in [-0.2, -0.15) is 0 Å². The molecule has 4 heterocycles. The van der Waals surface area contributed by atoms with Gasteiger partial charge in [-0.3, -0.25) is 4.79 Å². The van der Waals surface area contributed by atoms with Crippen molar-refractivity contribution in [2.75, 3.05) is 5.32 Å². The topological polar surface area (TPSA) is 113 Å². The van der Waals surface area contributed by atoms with Crippen molar-refractivity contribution in [2.24, 2.45) is 7.05 Å². The van der Waals surface area contributed by atoms with Gasteiger partial charge in [-0.15, -0.1) is 0 Å². The molecule has 2 unspecified atom stereocenters. The molecule has 1 saturated carbocycles. The summed E-state index contributed by atoms with van der Waals surface area (Å²) >= 11 is 0. The molecule has 5 aromatic rings. The second-order valence-electron chi connectivity index (χ2n) is 9.68. The molecule has 38 heavy (non-hydrogen) atoms. The summed E-state index contributed by atoms with van der Waals surface area (Å²) in [6.07, 6.45) is 9.89. The molecule has 0 radical (unpaired) electrons. The quantitative estimate of drug-likeness (QED) is 0.305. The molecule has 2 atom stereocenters. The number of H-pyrrole nitrogens is 1. The standard InChI is InChI=1S/C28H27FN8O/c1-37-15-24(32-16-37)28(38)34-20-9-5-8-19(11-20)33-25-12-23(17-6-3-2-4-7-17)35-27(36-25)22-14-31-26-21(22)10-18(29)13-30-26/h2-4,6-7,10,12-16,19-20H,5,8-9,11H2,1H3,(H,30,31)(H,34,38)(H,33,35,36). The molecular weight excluding hydrogens is 483 g/mol. The highest BCUT2D eigenvalue weighted by molar-refractivity contribution is 5.92. The number of nitrogens with one attached hydrogen (secondary N) is 3. The number of carbonyl (C=O) groups is 1. The van der Waals surface area contributed by atoms with E-state index in [0.717, 1.165) is 36.9 Å². The summed E-state index contributed by atoms with van der Waals surface area (Å²) in [6, 6.07) is 13.4. The Balaban J connectivity index is 1.28. The van der Waals surface area contributed by atoms with E-state index in [-0.39, 0.29) is 18.0 Å². The Bertz CT molecular complexity index is 1600. The van der Waals surface area contributed by atoms with Crippen molar-refractivity contribution < 1.29 is 9.18 Å². The second-order valence-corrected chi connectivity index (χ2v) is 9.68. The number of halogens is 1. The van der Waals surface area contributed by atoms with Crippen LogP contribution < -0.4 is 10.6 Å². The van der Waals surface area contributed by atoms with Gasteiger partial charge in [0.05, 0.1) is 18.2 Å². The number of amides is 1. The first-order chi connectivity index (χ1) is 18.5. The van der Waals surface area contributed by atoms with E-state index < -0.39 is 5.82 Å². The van der Waals surface area contributed by atoms with Gasteiger partial charge in [-0.05, 0) is 31.7 Å². The number of aryl methyl sites for hydroxylation is 1. The fraction of sp³-hybridized carbons (Fsp3) is 0.250. The molecule has 4 aromatic heterocycles. The zero-order valence-corrected chi connectivity index (χ0v) is 20.9. The Morgan fingerprint density at radius 1 is 1.11 bits per heavy atom. The van der Waals surface area contributed by atoms with Crippen LogP contribution in [0.3, 0.4) is 0 Å². The number of fused-ring (bicyclic) bond motifs is 1. The van der Waals surface area contributed by atoms with Crippen molar-refractivity contribution >= 4 is 22.8 Å². The summed E-state index contributed by atoms with van der Waals surface area (Å²) in [5, 5.41) is 7.33. The van der Waals surface area contributed by atoms with Crippen LogP contribution in [0.2, 0.25) is 0 Å². The number of benzene rings is 1. The molecular formula is C28H27FN8O. The lowest BCUT2D eigenvalue weighted by Crippen LogP contribution is -2.42. The molecule has 0 aliphatic heterocycles. The summed E-state index contributed by atoms with van der Waals surface area (Å²) in [7, 11) is 1.84. The van der Waals surface area contributed by atoms with E-state index in [1.165, 1.54) is 12.3 Å². The molecule has 0 spiro atoms. The third-order valence-electron chi connectivity index (χ3n) is 6.83. The molecule has 9 nitrogen and oxygen atoms in total. The van der Waals surface area contributed by atoms with Crippen LogP contribution in [-0.2, 0) is 7.05 Å². The molecule has 1 aliphatic carbocycles. The lowest BCUT2D eigenvalue weighted by atomic mass is 9.91. The van der Waals surface area contributed by atoms with Crippen LogP contribution in [0.25, 0.3) is 33.7 Å². The van der Waals surface area contributed by atoms with Gasteiger partial charge in [0.2, 0.25) is 0 Å². The Hall–Kier alpha value is -4.60. The summed E-state index contributed by atoms with van der Waals surface area (Å²) < 4.78 is 15.8.